The Kier molecular flexibility index (Phi) is 5.36. The van der Waals surface area contributed by atoms with Gasteiger partial charge in [-0.05, 0) is 56.3 Å². The summed E-state index contributed by atoms with van der Waals surface area (Å²) in [5.74, 6) is 1.10. The van der Waals surface area contributed by atoms with Crippen LogP contribution in [0.5, 0.6) is 0 Å². The van der Waals surface area contributed by atoms with Gasteiger partial charge in [0.05, 0.1) is 22.9 Å². The van der Waals surface area contributed by atoms with E-state index >= 15 is 0 Å². The molecule has 0 amide bonds. The molecule has 7 heteroatoms. The maximum atomic E-state index is 5.18. The van der Waals surface area contributed by atoms with E-state index in [1.54, 1.807) is 0 Å². The number of benzene rings is 2. The zero-order valence-electron chi connectivity index (χ0n) is 19.2. The molecule has 1 N–H and O–H groups in total. The highest BCUT2D eigenvalue weighted by molar-refractivity contribution is 5.89. The van der Waals surface area contributed by atoms with Crippen LogP contribution in [-0.2, 0) is 6.54 Å². The number of imidazole rings is 1. The highest BCUT2D eigenvalue weighted by Crippen LogP contribution is 2.35. The molecule has 2 aromatic carbocycles. The third kappa shape index (κ3) is 3.92. The first-order valence-electron chi connectivity index (χ1n) is 12.0. The molecule has 2 aromatic heterocycles. The number of nitrogens with zero attached hydrogens (tertiary/aromatic N) is 6. The molecule has 4 aromatic rings. The molecule has 7 nitrogen and oxygen atoms in total. The summed E-state index contributed by atoms with van der Waals surface area (Å²) in [4.78, 5) is 16.3. The molecule has 6 rings (SSSR count). The second kappa shape index (κ2) is 8.65. The van der Waals surface area contributed by atoms with Gasteiger partial charge in [0.25, 0.3) is 0 Å². The molecule has 1 unspecified atom stereocenters. The largest absolute Gasteiger partial charge is 0.367 e. The second-order valence-corrected chi connectivity index (χ2v) is 9.29. The normalized spacial score (nSPS) is 20.2. The number of aromatic amines is 1. The smallest absolute Gasteiger partial charge is 0.124 e. The van der Waals surface area contributed by atoms with Crippen molar-refractivity contribution in [2.75, 3.05) is 44.7 Å². The molecule has 0 radical (unpaired) electrons. The Labute approximate surface area is 194 Å². The van der Waals surface area contributed by atoms with Gasteiger partial charge in [-0.1, -0.05) is 24.3 Å². The van der Waals surface area contributed by atoms with Gasteiger partial charge < -0.3 is 14.8 Å². The highest BCUT2D eigenvalue weighted by Gasteiger charge is 2.30. The Hall–Kier alpha value is -3.16. The lowest BCUT2D eigenvalue weighted by Gasteiger charge is -2.34. The molecule has 1 atom stereocenters. The fourth-order valence-corrected chi connectivity index (χ4v) is 5.32. The van der Waals surface area contributed by atoms with E-state index in [9.17, 15) is 0 Å². The van der Waals surface area contributed by atoms with Crippen LogP contribution < -0.4 is 4.90 Å². The van der Waals surface area contributed by atoms with Crippen LogP contribution in [0.1, 0.15) is 30.3 Å². The topological polar surface area (TPSA) is 56.2 Å². The van der Waals surface area contributed by atoms with Gasteiger partial charge in [0, 0.05) is 45.1 Å². The van der Waals surface area contributed by atoms with Crippen LogP contribution in [0.25, 0.3) is 16.7 Å². The second-order valence-electron chi connectivity index (χ2n) is 9.29. The van der Waals surface area contributed by atoms with Crippen LogP contribution in [0, 0.1) is 0 Å². The summed E-state index contributed by atoms with van der Waals surface area (Å²) < 4.78 is 1.96. The number of H-pyrrole nitrogens is 1. The summed E-state index contributed by atoms with van der Waals surface area (Å²) in [6.45, 7) is 6.28. The Bertz CT molecular complexity index is 1220. The van der Waals surface area contributed by atoms with E-state index in [0.29, 0.717) is 6.04 Å². The SMILES string of the molecule is CN1CCN(c2cccc3[nH]c(C4CCCN4Cc4ccccc4-n4cccn4)nc23)CC1. The number of likely N-dealkylation sites (N-methyl/N-ethyl adjacent to an activating group) is 1. The van der Waals surface area contributed by atoms with Crippen LogP contribution >= 0.6 is 0 Å². The molecule has 2 aliphatic heterocycles. The Morgan fingerprint density at radius 1 is 0.939 bits per heavy atom. The minimum Gasteiger partial charge on any atom is -0.367 e. The number of hydrogen-bond donors (Lipinski definition) is 1. The van der Waals surface area contributed by atoms with Crippen LogP contribution in [0.4, 0.5) is 5.69 Å². The molecule has 4 heterocycles. The van der Waals surface area contributed by atoms with Crippen molar-refractivity contribution in [3.05, 3.63) is 72.3 Å². The van der Waals surface area contributed by atoms with Crippen molar-refractivity contribution in [3.8, 4) is 5.69 Å². The standard InChI is InChI=1S/C26H31N7/c1-30-15-17-31(18-16-30)23-10-4-8-21-25(23)29-26(28-21)24-11-5-13-32(24)19-20-7-2-3-9-22(20)33-14-6-12-27-33/h2-4,6-10,12,14,24H,5,11,13,15-19H2,1H3,(H,28,29). The van der Waals surface area contributed by atoms with Crippen LogP contribution in [0.3, 0.4) is 0 Å². The first kappa shape index (κ1) is 20.4. The molecular formula is C26H31N7. The van der Waals surface area contributed by atoms with E-state index in [2.05, 4.69) is 74.3 Å². The van der Waals surface area contributed by atoms with Gasteiger partial charge in [0.15, 0.2) is 0 Å². The monoisotopic (exact) mass is 441 g/mol. The summed E-state index contributed by atoms with van der Waals surface area (Å²) in [5.41, 5.74) is 5.96. The Morgan fingerprint density at radius 3 is 2.64 bits per heavy atom. The molecule has 2 aliphatic rings. The van der Waals surface area contributed by atoms with Crippen LogP contribution in [0.15, 0.2) is 60.9 Å². The minimum atomic E-state index is 0.309. The summed E-state index contributed by atoms with van der Waals surface area (Å²) in [5, 5.41) is 4.46. The van der Waals surface area contributed by atoms with Crippen molar-refractivity contribution >= 4 is 16.7 Å². The van der Waals surface area contributed by atoms with Crippen molar-refractivity contribution in [2.24, 2.45) is 0 Å². The van der Waals surface area contributed by atoms with Crippen molar-refractivity contribution in [3.63, 3.8) is 0 Å². The molecule has 33 heavy (non-hydrogen) atoms. The van der Waals surface area contributed by atoms with Crippen molar-refractivity contribution in [1.29, 1.82) is 0 Å². The molecule has 2 saturated heterocycles. The molecule has 0 bridgehead atoms. The number of nitrogens with one attached hydrogen (secondary N) is 1. The van der Waals surface area contributed by atoms with Gasteiger partial charge in [-0.25, -0.2) is 9.67 Å². The number of rotatable bonds is 5. The highest BCUT2D eigenvalue weighted by atomic mass is 15.3. The van der Waals surface area contributed by atoms with Gasteiger partial charge in [0.2, 0.25) is 0 Å². The fourth-order valence-electron chi connectivity index (χ4n) is 5.32. The quantitative estimate of drug-likeness (QED) is 0.510. The zero-order chi connectivity index (χ0) is 22.2. The average Bonchev–Trinajstić information content (AvgIpc) is 3.60. The first-order chi connectivity index (χ1) is 16.3. The maximum Gasteiger partial charge on any atom is 0.124 e. The predicted molar refractivity (Wildman–Crippen MR) is 132 cm³/mol. The van der Waals surface area contributed by atoms with Gasteiger partial charge in [-0.3, -0.25) is 4.90 Å². The van der Waals surface area contributed by atoms with Crippen molar-refractivity contribution in [2.45, 2.75) is 25.4 Å². The molecule has 2 fully saturated rings. The lowest BCUT2D eigenvalue weighted by atomic mass is 10.1. The van der Waals surface area contributed by atoms with E-state index in [0.717, 1.165) is 68.2 Å². The maximum absolute atomic E-state index is 5.18. The Balaban J connectivity index is 1.28. The predicted octanol–water partition coefficient (Wildman–Crippen LogP) is 3.84. The molecule has 170 valence electrons. The average molecular weight is 442 g/mol. The zero-order valence-corrected chi connectivity index (χ0v) is 19.2. The molecule has 0 aliphatic carbocycles. The van der Waals surface area contributed by atoms with E-state index in [1.165, 1.54) is 17.7 Å². The first-order valence-corrected chi connectivity index (χ1v) is 12.0. The number of aromatic nitrogens is 4. The van der Waals surface area contributed by atoms with Gasteiger partial charge in [-0.2, -0.15) is 5.10 Å². The summed E-state index contributed by atoms with van der Waals surface area (Å²) in [7, 11) is 2.20. The number of para-hydroxylation sites is 2. The van der Waals surface area contributed by atoms with E-state index < -0.39 is 0 Å². The number of piperazine rings is 1. The summed E-state index contributed by atoms with van der Waals surface area (Å²) >= 11 is 0. The van der Waals surface area contributed by atoms with Gasteiger partial charge in [0.1, 0.15) is 11.3 Å². The van der Waals surface area contributed by atoms with Gasteiger partial charge in [-0.15, -0.1) is 0 Å². The molecule has 0 spiro atoms. The minimum absolute atomic E-state index is 0.309. The number of fused-ring (bicyclic) bond motifs is 1. The van der Waals surface area contributed by atoms with E-state index in [-0.39, 0.29) is 0 Å². The van der Waals surface area contributed by atoms with E-state index in [1.807, 2.05) is 23.1 Å². The number of anilines is 1. The number of likely N-dealkylation sites (tertiary alicyclic amines) is 1. The van der Waals surface area contributed by atoms with Crippen LogP contribution in [0.2, 0.25) is 0 Å². The van der Waals surface area contributed by atoms with Gasteiger partial charge >= 0.3 is 0 Å². The van der Waals surface area contributed by atoms with Crippen molar-refractivity contribution < 1.29 is 0 Å². The number of hydrogen-bond acceptors (Lipinski definition) is 5. The van der Waals surface area contributed by atoms with E-state index in [4.69, 9.17) is 4.98 Å². The third-order valence-corrected chi connectivity index (χ3v) is 7.15. The third-order valence-electron chi connectivity index (χ3n) is 7.15. The van der Waals surface area contributed by atoms with Crippen molar-refractivity contribution in [1.82, 2.24) is 29.5 Å². The lowest BCUT2D eigenvalue weighted by Crippen LogP contribution is -2.44. The summed E-state index contributed by atoms with van der Waals surface area (Å²) in [6, 6.07) is 17.4. The summed E-state index contributed by atoms with van der Waals surface area (Å²) in [6.07, 6.45) is 6.17. The Morgan fingerprint density at radius 2 is 1.79 bits per heavy atom. The van der Waals surface area contributed by atoms with Crippen LogP contribution in [-0.4, -0.2) is 69.3 Å². The molecular weight excluding hydrogens is 410 g/mol. The fraction of sp³-hybridized carbons (Fsp3) is 0.385. The lowest BCUT2D eigenvalue weighted by molar-refractivity contribution is 0.241. The molecule has 0 saturated carbocycles.